The van der Waals surface area contributed by atoms with Gasteiger partial charge in [0.15, 0.2) is 0 Å². The van der Waals surface area contributed by atoms with Crippen LogP contribution < -0.4 is 10.6 Å². The fourth-order valence-electron chi connectivity index (χ4n) is 2.33. The average molecular weight is 272 g/mol. The molecule has 0 unspecified atom stereocenters. The Balaban J connectivity index is 2.12. The Kier molecular flexibility index (Phi) is 4.38. The minimum atomic E-state index is -0.593. The molecule has 1 amide bonds. The normalized spacial score (nSPS) is 16.4. The number of nitrogens with one attached hydrogen (secondary N) is 2. The second-order valence-corrected chi connectivity index (χ2v) is 5.41. The topological polar surface area (TPSA) is 68.2 Å². The average Bonchev–Trinajstić information content (AvgIpc) is 2.48. The van der Waals surface area contributed by atoms with E-state index in [-0.39, 0.29) is 5.91 Å². The van der Waals surface area contributed by atoms with Gasteiger partial charge in [0.1, 0.15) is 6.07 Å². The highest BCUT2D eigenvalue weighted by atomic mass is 16.2. The summed E-state index contributed by atoms with van der Waals surface area (Å²) in [5.41, 5.74) is 0.463. The lowest BCUT2D eigenvalue weighted by atomic mass is 10.00. The molecule has 5 nitrogen and oxygen atoms in total. The first kappa shape index (κ1) is 14.5. The molecule has 0 atom stereocenters. The number of amides is 1. The summed E-state index contributed by atoms with van der Waals surface area (Å²) in [7, 11) is 0. The quantitative estimate of drug-likeness (QED) is 0.867. The Morgan fingerprint density at radius 1 is 1.35 bits per heavy atom. The van der Waals surface area contributed by atoms with E-state index in [1.807, 2.05) is 19.9 Å². The predicted molar refractivity (Wildman–Crippen MR) is 78.3 cm³/mol. The highest BCUT2D eigenvalue weighted by Gasteiger charge is 2.35. The van der Waals surface area contributed by atoms with Gasteiger partial charge in [0.25, 0.3) is 0 Å². The molecule has 0 aliphatic carbocycles. The van der Waals surface area contributed by atoms with E-state index in [2.05, 4.69) is 21.6 Å². The van der Waals surface area contributed by atoms with Crippen LogP contribution in [0.15, 0.2) is 24.3 Å². The van der Waals surface area contributed by atoms with Gasteiger partial charge in [0.05, 0.1) is 16.8 Å². The number of piperazine rings is 1. The molecule has 5 heteroatoms. The molecular weight excluding hydrogens is 252 g/mol. The molecule has 20 heavy (non-hydrogen) atoms. The van der Waals surface area contributed by atoms with Crippen LogP contribution in [0.25, 0.3) is 0 Å². The summed E-state index contributed by atoms with van der Waals surface area (Å²) >= 11 is 0. The number of hydrogen-bond acceptors (Lipinski definition) is 4. The first-order chi connectivity index (χ1) is 9.55. The number of carbonyl (C=O) groups excluding carboxylic acids is 1. The van der Waals surface area contributed by atoms with Gasteiger partial charge in [-0.3, -0.25) is 9.69 Å². The number of nitrogens with zero attached hydrogens (tertiary/aromatic N) is 2. The Morgan fingerprint density at radius 3 is 2.65 bits per heavy atom. The molecule has 0 bridgehead atoms. The second kappa shape index (κ2) is 6.04. The van der Waals surface area contributed by atoms with Crippen molar-refractivity contribution in [1.29, 1.82) is 5.26 Å². The molecular formula is C15H20N4O. The number of nitriles is 1. The summed E-state index contributed by atoms with van der Waals surface area (Å²) in [6.07, 6.45) is 0. The lowest BCUT2D eigenvalue weighted by Gasteiger charge is -2.39. The first-order valence-electron chi connectivity index (χ1n) is 6.82. The molecule has 1 aliphatic rings. The number of hydrogen-bond donors (Lipinski definition) is 2. The van der Waals surface area contributed by atoms with Gasteiger partial charge in [-0.15, -0.1) is 0 Å². The van der Waals surface area contributed by atoms with Crippen LogP contribution in [-0.4, -0.2) is 42.5 Å². The molecule has 1 aliphatic heterocycles. The van der Waals surface area contributed by atoms with E-state index in [0.717, 1.165) is 26.2 Å². The van der Waals surface area contributed by atoms with E-state index in [4.69, 9.17) is 5.26 Å². The molecule has 0 aromatic heterocycles. The van der Waals surface area contributed by atoms with Crippen LogP contribution in [0.4, 0.5) is 5.69 Å². The SMILES string of the molecule is CC(C)(C(=O)Nc1ccccc1C#N)N1CCNCC1. The Morgan fingerprint density at radius 2 is 2.00 bits per heavy atom. The van der Waals surface area contributed by atoms with E-state index in [1.165, 1.54) is 0 Å². The Hall–Kier alpha value is -1.90. The van der Waals surface area contributed by atoms with Crippen LogP contribution in [0.3, 0.4) is 0 Å². The summed E-state index contributed by atoms with van der Waals surface area (Å²) in [6.45, 7) is 7.32. The van der Waals surface area contributed by atoms with Crippen LogP contribution in [0.2, 0.25) is 0 Å². The molecule has 1 heterocycles. The van der Waals surface area contributed by atoms with E-state index in [9.17, 15) is 4.79 Å². The fraction of sp³-hybridized carbons (Fsp3) is 0.467. The number of para-hydroxylation sites is 1. The van der Waals surface area contributed by atoms with Crippen LogP contribution in [0.5, 0.6) is 0 Å². The van der Waals surface area contributed by atoms with Crippen molar-refractivity contribution in [1.82, 2.24) is 10.2 Å². The summed E-state index contributed by atoms with van der Waals surface area (Å²) in [5, 5.41) is 15.2. The maximum absolute atomic E-state index is 12.5. The maximum Gasteiger partial charge on any atom is 0.244 e. The van der Waals surface area contributed by atoms with Crippen molar-refractivity contribution in [3.05, 3.63) is 29.8 Å². The highest BCUT2D eigenvalue weighted by Crippen LogP contribution is 2.20. The van der Waals surface area contributed by atoms with Crippen molar-refractivity contribution in [3.8, 4) is 6.07 Å². The molecule has 106 valence electrons. The van der Waals surface area contributed by atoms with Crippen molar-refractivity contribution in [3.63, 3.8) is 0 Å². The standard InChI is InChI=1S/C15H20N4O/c1-15(2,19-9-7-17-8-10-19)14(20)18-13-6-4-3-5-12(13)11-16/h3-6,17H,7-10H2,1-2H3,(H,18,20). The van der Waals surface area contributed by atoms with Gasteiger partial charge < -0.3 is 10.6 Å². The molecule has 0 saturated carbocycles. The molecule has 0 spiro atoms. The van der Waals surface area contributed by atoms with Crippen molar-refractivity contribution >= 4 is 11.6 Å². The smallest absolute Gasteiger partial charge is 0.244 e. The van der Waals surface area contributed by atoms with E-state index in [0.29, 0.717) is 11.3 Å². The highest BCUT2D eigenvalue weighted by molar-refractivity contribution is 5.98. The third-order valence-electron chi connectivity index (χ3n) is 3.76. The van der Waals surface area contributed by atoms with Crippen molar-refractivity contribution in [2.75, 3.05) is 31.5 Å². The molecule has 0 radical (unpaired) electrons. The van der Waals surface area contributed by atoms with Crippen LogP contribution in [0.1, 0.15) is 19.4 Å². The van der Waals surface area contributed by atoms with Crippen LogP contribution >= 0.6 is 0 Å². The number of rotatable bonds is 3. The molecule has 1 saturated heterocycles. The summed E-state index contributed by atoms with van der Waals surface area (Å²) in [6, 6.07) is 9.15. The summed E-state index contributed by atoms with van der Waals surface area (Å²) < 4.78 is 0. The largest absolute Gasteiger partial charge is 0.323 e. The van der Waals surface area contributed by atoms with Gasteiger partial charge in [-0.1, -0.05) is 12.1 Å². The van der Waals surface area contributed by atoms with Gasteiger partial charge in [0, 0.05) is 26.2 Å². The molecule has 2 N–H and O–H groups in total. The molecule has 1 aromatic carbocycles. The summed E-state index contributed by atoms with van der Waals surface area (Å²) in [5.74, 6) is -0.0814. The Bertz CT molecular complexity index is 527. The van der Waals surface area contributed by atoms with Gasteiger partial charge in [-0.05, 0) is 26.0 Å². The van der Waals surface area contributed by atoms with Crippen molar-refractivity contribution in [2.45, 2.75) is 19.4 Å². The third-order valence-corrected chi connectivity index (χ3v) is 3.76. The predicted octanol–water partition coefficient (Wildman–Crippen LogP) is 1.18. The van der Waals surface area contributed by atoms with Gasteiger partial charge in [0.2, 0.25) is 5.91 Å². The van der Waals surface area contributed by atoms with Gasteiger partial charge in [-0.25, -0.2) is 0 Å². The van der Waals surface area contributed by atoms with Crippen LogP contribution in [-0.2, 0) is 4.79 Å². The van der Waals surface area contributed by atoms with E-state index < -0.39 is 5.54 Å². The zero-order valence-electron chi connectivity index (χ0n) is 11.9. The minimum Gasteiger partial charge on any atom is -0.323 e. The lowest BCUT2D eigenvalue weighted by molar-refractivity contribution is -0.126. The number of benzene rings is 1. The Labute approximate surface area is 119 Å². The molecule has 2 rings (SSSR count). The van der Waals surface area contributed by atoms with Crippen molar-refractivity contribution < 1.29 is 4.79 Å². The van der Waals surface area contributed by atoms with E-state index in [1.54, 1.807) is 18.2 Å². The van der Waals surface area contributed by atoms with Crippen molar-refractivity contribution in [2.24, 2.45) is 0 Å². The molecule has 1 fully saturated rings. The fourth-order valence-corrected chi connectivity index (χ4v) is 2.33. The van der Waals surface area contributed by atoms with Gasteiger partial charge in [-0.2, -0.15) is 5.26 Å². The number of carbonyl (C=O) groups is 1. The molecule has 1 aromatic rings. The minimum absolute atomic E-state index is 0.0814. The number of anilines is 1. The second-order valence-electron chi connectivity index (χ2n) is 5.41. The first-order valence-corrected chi connectivity index (χ1v) is 6.82. The zero-order valence-corrected chi connectivity index (χ0v) is 11.9. The van der Waals surface area contributed by atoms with E-state index >= 15 is 0 Å². The third kappa shape index (κ3) is 2.98. The zero-order chi connectivity index (χ0) is 14.6. The summed E-state index contributed by atoms with van der Waals surface area (Å²) in [4.78, 5) is 14.7. The monoisotopic (exact) mass is 272 g/mol. The van der Waals surface area contributed by atoms with Crippen LogP contribution in [0, 0.1) is 11.3 Å². The lowest BCUT2D eigenvalue weighted by Crippen LogP contribution is -2.58. The maximum atomic E-state index is 12.5. The van der Waals surface area contributed by atoms with Gasteiger partial charge >= 0.3 is 0 Å².